The number of carbonyl (C=O) groups is 1. The number of nitrogens with one attached hydrogen (secondary N) is 1. The molecule has 1 aliphatic carbocycles. The predicted octanol–water partition coefficient (Wildman–Crippen LogP) is 3.99. The average Bonchev–Trinajstić information content (AvgIpc) is 3.16. The van der Waals surface area contributed by atoms with E-state index in [4.69, 9.17) is 11.6 Å². The number of aromatic nitrogens is 2. The van der Waals surface area contributed by atoms with Crippen molar-refractivity contribution in [1.82, 2.24) is 9.78 Å². The lowest BCUT2D eigenvalue weighted by atomic mass is 10.2. The van der Waals surface area contributed by atoms with Crippen molar-refractivity contribution in [2.75, 3.05) is 5.32 Å². The molecule has 1 aromatic carbocycles. The molecule has 1 fully saturated rings. The number of hydrogen-bond acceptors (Lipinski definition) is 2. The second kappa shape index (κ2) is 5.26. The number of benzene rings is 1. The van der Waals surface area contributed by atoms with Gasteiger partial charge in [0.1, 0.15) is 5.54 Å². The Morgan fingerprint density at radius 2 is 2.09 bits per heavy atom. The molecule has 0 spiro atoms. The van der Waals surface area contributed by atoms with Crippen LogP contribution in [0.25, 0.3) is 0 Å². The van der Waals surface area contributed by atoms with E-state index in [0.29, 0.717) is 12.8 Å². The lowest BCUT2D eigenvalue weighted by molar-refractivity contribution is -0.137. The minimum atomic E-state index is -4.48. The van der Waals surface area contributed by atoms with E-state index in [2.05, 4.69) is 10.4 Å². The highest BCUT2D eigenvalue weighted by Crippen LogP contribution is 2.44. The standard InChI is InChI=1S/C15H13ClF3N3O/c1-9-7-20-22(8-9)14(4-5-14)13(23)21-12-3-2-10(6-11(12)16)15(17,18)19/h2-3,6-8H,4-5H2,1H3,(H,21,23). The highest BCUT2D eigenvalue weighted by molar-refractivity contribution is 6.33. The molecule has 1 amide bonds. The summed E-state index contributed by atoms with van der Waals surface area (Å²) in [5.41, 5.74) is -0.555. The molecule has 0 bridgehead atoms. The molecule has 122 valence electrons. The van der Waals surface area contributed by atoms with Crippen LogP contribution in [-0.2, 0) is 16.5 Å². The summed E-state index contributed by atoms with van der Waals surface area (Å²) in [4.78, 5) is 12.5. The zero-order valence-electron chi connectivity index (χ0n) is 12.1. The maximum absolute atomic E-state index is 12.6. The van der Waals surface area contributed by atoms with Crippen LogP contribution < -0.4 is 5.32 Å². The van der Waals surface area contributed by atoms with Gasteiger partial charge in [0, 0.05) is 6.20 Å². The molecule has 1 aromatic heterocycles. The molecule has 23 heavy (non-hydrogen) atoms. The zero-order valence-corrected chi connectivity index (χ0v) is 12.9. The van der Waals surface area contributed by atoms with E-state index in [1.165, 1.54) is 0 Å². The van der Waals surface area contributed by atoms with Gasteiger partial charge in [0.2, 0.25) is 0 Å². The summed E-state index contributed by atoms with van der Waals surface area (Å²) >= 11 is 5.86. The van der Waals surface area contributed by atoms with Crippen LogP contribution in [0.4, 0.5) is 18.9 Å². The number of rotatable bonds is 3. The van der Waals surface area contributed by atoms with Gasteiger partial charge in [-0.2, -0.15) is 18.3 Å². The van der Waals surface area contributed by atoms with Crippen molar-refractivity contribution in [3.63, 3.8) is 0 Å². The summed E-state index contributed by atoms with van der Waals surface area (Å²) < 4.78 is 39.5. The maximum Gasteiger partial charge on any atom is 0.416 e. The van der Waals surface area contributed by atoms with Crippen molar-refractivity contribution in [1.29, 1.82) is 0 Å². The van der Waals surface area contributed by atoms with Crippen LogP contribution in [-0.4, -0.2) is 15.7 Å². The number of aryl methyl sites for hydroxylation is 1. The van der Waals surface area contributed by atoms with Gasteiger partial charge >= 0.3 is 6.18 Å². The zero-order chi connectivity index (χ0) is 16.8. The van der Waals surface area contributed by atoms with Gasteiger partial charge in [-0.25, -0.2) is 0 Å². The molecule has 0 aliphatic heterocycles. The third-order valence-electron chi connectivity index (χ3n) is 3.84. The minimum Gasteiger partial charge on any atom is -0.323 e. The SMILES string of the molecule is Cc1cnn(C2(C(=O)Nc3ccc(C(F)(F)F)cc3Cl)CC2)c1. The third kappa shape index (κ3) is 2.93. The fourth-order valence-electron chi connectivity index (χ4n) is 2.36. The van der Waals surface area contributed by atoms with Gasteiger partial charge in [0.15, 0.2) is 0 Å². The van der Waals surface area contributed by atoms with Gasteiger partial charge in [-0.3, -0.25) is 9.48 Å². The van der Waals surface area contributed by atoms with E-state index in [0.717, 1.165) is 23.8 Å². The maximum atomic E-state index is 12.6. The molecule has 1 N–H and O–H groups in total. The van der Waals surface area contributed by atoms with Crippen molar-refractivity contribution < 1.29 is 18.0 Å². The summed E-state index contributed by atoms with van der Waals surface area (Å²) in [5, 5.41) is 6.60. The first kappa shape index (κ1) is 15.9. The van der Waals surface area contributed by atoms with Crippen LogP contribution >= 0.6 is 11.6 Å². The summed E-state index contributed by atoms with van der Waals surface area (Å²) in [6.07, 6.45) is 0.187. The second-order valence-corrected chi connectivity index (χ2v) is 6.05. The molecule has 3 rings (SSSR count). The summed E-state index contributed by atoms with van der Waals surface area (Å²) in [6.45, 7) is 1.87. The molecule has 8 heteroatoms. The summed E-state index contributed by atoms with van der Waals surface area (Å²) in [6, 6.07) is 2.85. The lowest BCUT2D eigenvalue weighted by Gasteiger charge is -2.17. The lowest BCUT2D eigenvalue weighted by Crippen LogP contribution is -2.33. The number of carbonyl (C=O) groups excluding carboxylic acids is 1. The molecule has 1 heterocycles. The number of nitrogens with zero attached hydrogens (tertiary/aromatic N) is 2. The summed E-state index contributed by atoms with van der Waals surface area (Å²) in [5.74, 6) is -0.331. The Morgan fingerprint density at radius 3 is 2.57 bits per heavy atom. The summed E-state index contributed by atoms with van der Waals surface area (Å²) in [7, 11) is 0. The molecule has 1 saturated carbocycles. The van der Waals surface area contributed by atoms with Gasteiger partial charge in [0.05, 0.1) is 22.5 Å². The normalized spacial score (nSPS) is 16.2. The van der Waals surface area contributed by atoms with Crippen molar-refractivity contribution in [3.8, 4) is 0 Å². The fraction of sp³-hybridized carbons (Fsp3) is 0.333. The van der Waals surface area contributed by atoms with Crippen molar-refractivity contribution in [2.45, 2.75) is 31.5 Å². The fourth-order valence-corrected chi connectivity index (χ4v) is 2.58. The Hall–Kier alpha value is -2.02. The highest BCUT2D eigenvalue weighted by atomic mass is 35.5. The Labute approximate surface area is 135 Å². The first-order valence-corrected chi connectivity index (χ1v) is 7.30. The Morgan fingerprint density at radius 1 is 1.39 bits per heavy atom. The molecule has 0 radical (unpaired) electrons. The van der Waals surface area contributed by atoms with Crippen molar-refractivity contribution in [3.05, 3.63) is 46.7 Å². The number of halogens is 4. The van der Waals surface area contributed by atoms with Gasteiger partial charge in [-0.1, -0.05) is 11.6 Å². The number of alkyl halides is 3. The van der Waals surface area contributed by atoms with Gasteiger partial charge < -0.3 is 5.32 Å². The monoisotopic (exact) mass is 343 g/mol. The molecule has 2 aromatic rings. The van der Waals surface area contributed by atoms with E-state index in [9.17, 15) is 18.0 Å². The second-order valence-electron chi connectivity index (χ2n) is 5.64. The Kier molecular flexibility index (Phi) is 3.63. The van der Waals surface area contributed by atoms with Crippen LogP contribution in [0, 0.1) is 6.92 Å². The highest BCUT2D eigenvalue weighted by Gasteiger charge is 2.52. The molecule has 4 nitrogen and oxygen atoms in total. The van der Waals surface area contributed by atoms with Crippen molar-refractivity contribution >= 4 is 23.2 Å². The average molecular weight is 344 g/mol. The van der Waals surface area contributed by atoms with Crippen LogP contribution in [0.2, 0.25) is 5.02 Å². The topological polar surface area (TPSA) is 46.9 Å². The first-order valence-electron chi connectivity index (χ1n) is 6.92. The number of anilines is 1. The number of hydrogen-bond donors (Lipinski definition) is 1. The van der Waals surface area contributed by atoms with Crippen molar-refractivity contribution in [2.24, 2.45) is 0 Å². The van der Waals surface area contributed by atoms with Crippen LogP contribution in [0.5, 0.6) is 0 Å². The predicted molar refractivity (Wildman–Crippen MR) is 79.3 cm³/mol. The first-order chi connectivity index (χ1) is 10.7. The van der Waals surface area contributed by atoms with Crippen LogP contribution in [0.1, 0.15) is 24.0 Å². The van der Waals surface area contributed by atoms with E-state index >= 15 is 0 Å². The molecular weight excluding hydrogens is 331 g/mol. The third-order valence-corrected chi connectivity index (χ3v) is 4.15. The molecule has 1 aliphatic rings. The molecule has 0 saturated heterocycles. The van der Waals surface area contributed by atoms with Gasteiger partial charge in [-0.15, -0.1) is 0 Å². The molecule has 0 unspecified atom stereocenters. The van der Waals surface area contributed by atoms with Crippen LogP contribution in [0.15, 0.2) is 30.6 Å². The van der Waals surface area contributed by atoms with E-state index in [1.807, 2.05) is 6.92 Å². The minimum absolute atomic E-state index is 0.152. The van der Waals surface area contributed by atoms with Gasteiger partial charge in [0.25, 0.3) is 5.91 Å². The smallest absolute Gasteiger partial charge is 0.323 e. The van der Waals surface area contributed by atoms with E-state index in [1.54, 1.807) is 17.1 Å². The van der Waals surface area contributed by atoms with E-state index < -0.39 is 17.3 Å². The Balaban J connectivity index is 1.81. The van der Waals surface area contributed by atoms with Crippen LogP contribution in [0.3, 0.4) is 0 Å². The van der Waals surface area contributed by atoms with Gasteiger partial charge in [-0.05, 0) is 43.5 Å². The van der Waals surface area contributed by atoms with E-state index in [-0.39, 0.29) is 16.6 Å². The molecular formula is C15H13ClF3N3O. The molecule has 0 atom stereocenters. The number of amides is 1. The Bertz CT molecular complexity index is 766. The largest absolute Gasteiger partial charge is 0.416 e. The quantitative estimate of drug-likeness (QED) is 0.916.